The van der Waals surface area contributed by atoms with Gasteiger partial charge in [0.1, 0.15) is 0 Å². The van der Waals surface area contributed by atoms with Crippen molar-refractivity contribution in [1.82, 2.24) is 10.2 Å². The second-order valence-electron chi connectivity index (χ2n) is 8.42. The lowest BCUT2D eigenvalue weighted by Crippen LogP contribution is -2.46. The van der Waals surface area contributed by atoms with Crippen molar-refractivity contribution in [2.24, 2.45) is 11.8 Å². The molecule has 3 heteroatoms. The largest absolute Gasteiger partial charge is 0.353 e. The van der Waals surface area contributed by atoms with Gasteiger partial charge in [0, 0.05) is 31.6 Å². The zero-order valence-corrected chi connectivity index (χ0v) is 15.3. The summed E-state index contributed by atoms with van der Waals surface area (Å²) in [5.74, 6) is 2.19. The summed E-state index contributed by atoms with van der Waals surface area (Å²) in [5, 5.41) is 3.28. The van der Waals surface area contributed by atoms with Crippen molar-refractivity contribution in [3.8, 4) is 0 Å². The second-order valence-corrected chi connectivity index (χ2v) is 8.42. The maximum absolute atomic E-state index is 12.0. The molecule has 0 radical (unpaired) electrons. The first kappa shape index (κ1) is 17.1. The van der Waals surface area contributed by atoms with Gasteiger partial charge in [-0.1, -0.05) is 43.2 Å². The number of piperidine rings is 1. The van der Waals surface area contributed by atoms with Crippen LogP contribution in [0.15, 0.2) is 30.3 Å². The van der Waals surface area contributed by atoms with E-state index in [0.717, 1.165) is 44.7 Å². The number of hydrogen-bond donors (Lipinski definition) is 1. The molecule has 1 aromatic carbocycles. The van der Waals surface area contributed by atoms with E-state index < -0.39 is 0 Å². The molecule has 0 aromatic heterocycles. The van der Waals surface area contributed by atoms with Crippen molar-refractivity contribution in [2.45, 2.75) is 63.3 Å². The van der Waals surface area contributed by atoms with Gasteiger partial charge in [-0.3, -0.25) is 4.79 Å². The number of nitrogens with zero attached hydrogens (tertiary/aromatic N) is 1. The van der Waals surface area contributed by atoms with E-state index in [4.69, 9.17) is 0 Å². The summed E-state index contributed by atoms with van der Waals surface area (Å²) in [4.78, 5) is 14.6. The Morgan fingerprint density at radius 3 is 2.32 bits per heavy atom. The van der Waals surface area contributed by atoms with Crippen molar-refractivity contribution in [3.63, 3.8) is 0 Å². The molecular formula is C22H32N2O. The Hall–Kier alpha value is -1.35. The predicted molar refractivity (Wildman–Crippen MR) is 101 cm³/mol. The number of rotatable bonds is 6. The van der Waals surface area contributed by atoms with E-state index >= 15 is 0 Å². The standard InChI is InChI=1S/C22H32N2O/c25-22(19-10-11-19)23-20-12-14-24(15-13-20)16-21(18-8-4-5-9-18)17-6-2-1-3-7-17/h1-3,6-7,18-21H,4-5,8-16H2,(H,23,25)/t21-/m1/s1. The van der Waals surface area contributed by atoms with Crippen LogP contribution in [0.1, 0.15) is 62.8 Å². The molecule has 2 saturated carbocycles. The highest BCUT2D eigenvalue weighted by Crippen LogP contribution is 2.38. The number of hydrogen-bond acceptors (Lipinski definition) is 2. The Bertz CT molecular complexity index is 555. The first-order valence-electron chi connectivity index (χ1n) is 10.4. The van der Waals surface area contributed by atoms with E-state index in [9.17, 15) is 4.79 Å². The SMILES string of the molecule is O=C(NC1CCN(C[C@H](c2ccccc2)C2CCCC2)CC1)C1CC1. The van der Waals surface area contributed by atoms with Crippen LogP contribution < -0.4 is 5.32 Å². The van der Waals surface area contributed by atoms with Crippen LogP contribution in [0.4, 0.5) is 0 Å². The number of carbonyl (C=O) groups is 1. The molecule has 3 fully saturated rings. The number of likely N-dealkylation sites (tertiary alicyclic amines) is 1. The molecule has 0 spiro atoms. The quantitative estimate of drug-likeness (QED) is 0.850. The van der Waals surface area contributed by atoms with Crippen LogP contribution in [-0.2, 0) is 4.79 Å². The van der Waals surface area contributed by atoms with Crippen molar-refractivity contribution in [2.75, 3.05) is 19.6 Å². The van der Waals surface area contributed by atoms with Crippen molar-refractivity contribution < 1.29 is 4.79 Å². The monoisotopic (exact) mass is 340 g/mol. The summed E-state index contributed by atoms with van der Waals surface area (Å²) < 4.78 is 0. The number of carbonyl (C=O) groups excluding carboxylic acids is 1. The Balaban J connectivity index is 1.32. The second kappa shape index (κ2) is 7.90. The predicted octanol–water partition coefficient (Wildman–Crippen LogP) is 3.95. The molecule has 1 heterocycles. The van der Waals surface area contributed by atoms with E-state index in [1.165, 1.54) is 37.8 Å². The molecule has 25 heavy (non-hydrogen) atoms. The molecule has 0 unspecified atom stereocenters. The molecule has 1 saturated heterocycles. The summed E-state index contributed by atoms with van der Waals surface area (Å²) in [6, 6.07) is 11.6. The topological polar surface area (TPSA) is 32.3 Å². The molecule has 2 aliphatic carbocycles. The average Bonchev–Trinajstić information content (AvgIpc) is 3.37. The molecule has 1 aliphatic heterocycles. The van der Waals surface area contributed by atoms with E-state index in [1.807, 2.05) is 0 Å². The Morgan fingerprint density at radius 2 is 1.68 bits per heavy atom. The molecule has 1 N–H and O–H groups in total. The highest BCUT2D eigenvalue weighted by atomic mass is 16.2. The van der Waals surface area contributed by atoms with E-state index in [2.05, 4.69) is 40.5 Å². The number of amides is 1. The van der Waals surface area contributed by atoms with Crippen LogP contribution in [0.25, 0.3) is 0 Å². The third kappa shape index (κ3) is 4.44. The molecule has 3 nitrogen and oxygen atoms in total. The van der Waals surface area contributed by atoms with Crippen LogP contribution in [0.2, 0.25) is 0 Å². The first-order valence-corrected chi connectivity index (χ1v) is 10.4. The van der Waals surface area contributed by atoms with Crippen molar-refractivity contribution in [3.05, 3.63) is 35.9 Å². The van der Waals surface area contributed by atoms with Crippen LogP contribution in [0.3, 0.4) is 0 Å². The van der Waals surface area contributed by atoms with Crippen LogP contribution >= 0.6 is 0 Å². The molecule has 136 valence electrons. The number of benzene rings is 1. The molecule has 1 amide bonds. The van der Waals surface area contributed by atoms with Gasteiger partial charge in [-0.2, -0.15) is 0 Å². The van der Waals surface area contributed by atoms with Crippen molar-refractivity contribution in [1.29, 1.82) is 0 Å². The van der Waals surface area contributed by atoms with Gasteiger partial charge < -0.3 is 10.2 Å². The molecule has 3 aliphatic rings. The lowest BCUT2D eigenvalue weighted by molar-refractivity contribution is -0.123. The van der Waals surface area contributed by atoms with Crippen LogP contribution in [0.5, 0.6) is 0 Å². The maximum atomic E-state index is 12.0. The Kier molecular flexibility index (Phi) is 5.40. The summed E-state index contributed by atoms with van der Waals surface area (Å²) in [5.41, 5.74) is 1.53. The fourth-order valence-corrected chi connectivity index (χ4v) is 4.79. The molecule has 1 aromatic rings. The van der Waals surface area contributed by atoms with Gasteiger partial charge in [0.15, 0.2) is 0 Å². The number of nitrogens with one attached hydrogen (secondary N) is 1. The van der Waals surface area contributed by atoms with E-state index in [-0.39, 0.29) is 0 Å². The highest BCUT2D eigenvalue weighted by Gasteiger charge is 2.33. The smallest absolute Gasteiger partial charge is 0.223 e. The normalized spacial score (nSPS) is 24.3. The van der Waals surface area contributed by atoms with Gasteiger partial charge in [0.2, 0.25) is 5.91 Å². The molecule has 4 rings (SSSR count). The zero-order valence-electron chi connectivity index (χ0n) is 15.3. The summed E-state index contributed by atoms with van der Waals surface area (Å²) >= 11 is 0. The van der Waals surface area contributed by atoms with Gasteiger partial charge in [0.05, 0.1) is 0 Å². The summed E-state index contributed by atoms with van der Waals surface area (Å²) in [6.07, 6.45) is 10.0. The average molecular weight is 341 g/mol. The minimum atomic E-state index is 0.312. The summed E-state index contributed by atoms with van der Waals surface area (Å²) in [7, 11) is 0. The lowest BCUT2D eigenvalue weighted by Gasteiger charge is -2.36. The minimum absolute atomic E-state index is 0.312. The lowest BCUT2D eigenvalue weighted by atomic mass is 9.84. The van der Waals surface area contributed by atoms with Gasteiger partial charge in [-0.15, -0.1) is 0 Å². The van der Waals surface area contributed by atoms with Gasteiger partial charge in [0.25, 0.3) is 0 Å². The molecular weight excluding hydrogens is 308 g/mol. The van der Waals surface area contributed by atoms with Crippen molar-refractivity contribution >= 4 is 5.91 Å². The first-order chi connectivity index (χ1) is 12.3. The van der Waals surface area contributed by atoms with E-state index in [0.29, 0.717) is 23.8 Å². The van der Waals surface area contributed by atoms with Gasteiger partial charge in [-0.25, -0.2) is 0 Å². The third-order valence-corrected chi connectivity index (χ3v) is 6.53. The maximum Gasteiger partial charge on any atom is 0.223 e. The van der Waals surface area contributed by atoms with Crippen LogP contribution in [-0.4, -0.2) is 36.5 Å². The van der Waals surface area contributed by atoms with E-state index in [1.54, 1.807) is 0 Å². The Morgan fingerprint density at radius 1 is 1.00 bits per heavy atom. The Labute approximate surface area is 152 Å². The molecule has 1 atom stereocenters. The minimum Gasteiger partial charge on any atom is -0.353 e. The fraction of sp³-hybridized carbons (Fsp3) is 0.682. The van der Waals surface area contributed by atoms with Gasteiger partial charge in [-0.05, 0) is 55.9 Å². The molecule has 0 bridgehead atoms. The highest BCUT2D eigenvalue weighted by molar-refractivity contribution is 5.81. The van der Waals surface area contributed by atoms with Gasteiger partial charge >= 0.3 is 0 Å². The third-order valence-electron chi connectivity index (χ3n) is 6.53. The fourth-order valence-electron chi connectivity index (χ4n) is 4.79. The van der Waals surface area contributed by atoms with Crippen LogP contribution in [0, 0.1) is 11.8 Å². The zero-order chi connectivity index (χ0) is 17.1. The summed E-state index contributed by atoms with van der Waals surface area (Å²) in [6.45, 7) is 3.45.